The maximum Gasteiger partial charge on any atom is 0.243 e. The van der Waals surface area contributed by atoms with E-state index in [0.717, 1.165) is 31.5 Å². The van der Waals surface area contributed by atoms with Gasteiger partial charge in [0.1, 0.15) is 5.15 Å². The summed E-state index contributed by atoms with van der Waals surface area (Å²) in [7, 11) is 0. The number of carbonyl (C=O) groups is 1. The molecule has 1 fully saturated rings. The van der Waals surface area contributed by atoms with Crippen molar-refractivity contribution < 1.29 is 4.79 Å². The molecule has 1 saturated heterocycles. The molecule has 6 heteroatoms. The van der Waals surface area contributed by atoms with Crippen LogP contribution in [0.25, 0.3) is 0 Å². The lowest BCUT2D eigenvalue weighted by Crippen LogP contribution is -2.40. The van der Waals surface area contributed by atoms with Crippen LogP contribution in [0.4, 0.5) is 5.95 Å². The average Bonchev–Trinajstić information content (AvgIpc) is 2.55. The van der Waals surface area contributed by atoms with Crippen LogP contribution in [0.3, 0.4) is 0 Å². The number of amides is 1. The van der Waals surface area contributed by atoms with Crippen LogP contribution in [-0.2, 0) is 4.79 Å². The molecule has 1 atom stereocenters. The summed E-state index contributed by atoms with van der Waals surface area (Å²) in [5.74, 6) is 0.189. The number of hydrogen-bond donors (Lipinski definition) is 2. The first-order valence-electron chi connectivity index (χ1n) is 6.20. The first kappa shape index (κ1) is 13.2. The van der Waals surface area contributed by atoms with Gasteiger partial charge in [-0.1, -0.05) is 24.4 Å². The van der Waals surface area contributed by atoms with Gasteiger partial charge in [-0.2, -0.15) is 0 Å². The zero-order valence-corrected chi connectivity index (χ0v) is 11.1. The Morgan fingerprint density at radius 2 is 2.28 bits per heavy atom. The van der Waals surface area contributed by atoms with Crippen molar-refractivity contribution in [2.45, 2.75) is 38.6 Å². The van der Waals surface area contributed by atoms with Crippen molar-refractivity contribution in [2.24, 2.45) is 0 Å². The van der Waals surface area contributed by atoms with E-state index in [-0.39, 0.29) is 17.9 Å². The summed E-state index contributed by atoms with van der Waals surface area (Å²) in [6.45, 7) is 2.70. The average molecular weight is 269 g/mol. The van der Waals surface area contributed by atoms with Crippen molar-refractivity contribution in [3.63, 3.8) is 0 Å². The third kappa shape index (κ3) is 3.65. The largest absolute Gasteiger partial charge is 0.306 e. The highest BCUT2D eigenvalue weighted by Gasteiger charge is 2.20. The molecule has 18 heavy (non-hydrogen) atoms. The summed E-state index contributed by atoms with van der Waals surface area (Å²) >= 11 is 5.83. The number of carbonyl (C=O) groups excluding carboxylic acids is 1. The van der Waals surface area contributed by atoms with Crippen LogP contribution in [0.1, 0.15) is 31.4 Å². The van der Waals surface area contributed by atoms with Gasteiger partial charge >= 0.3 is 0 Å². The molecule has 1 aliphatic rings. The molecule has 5 nitrogen and oxygen atoms in total. The lowest BCUT2D eigenvalue weighted by atomic mass is 10.1. The molecule has 1 unspecified atom stereocenters. The summed E-state index contributed by atoms with van der Waals surface area (Å²) in [5, 5.41) is 6.28. The Morgan fingerprint density at radius 3 is 3.06 bits per heavy atom. The van der Waals surface area contributed by atoms with Crippen LogP contribution in [0.2, 0.25) is 5.15 Å². The minimum Gasteiger partial charge on any atom is -0.306 e. The lowest BCUT2D eigenvalue weighted by molar-refractivity contribution is -0.118. The van der Waals surface area contributed by atoms with Gasteiger partial charge in [0, 0.05) is 5.69 Å². The highest BCUT2D eigenvalue weighted by Crippen LogP contribution is 2.12. The number of hydrogen-bond acceptors (Lipinski definition) is 4. The monoisotopic (exact) mass is 268 g/mol. The number of anilines is 1. The number of nitrogens with one attached hydrogen (secondary N) is 2. The molecule has 0 radical (unpaired) electrons. The first-order valence-corrected chi connectivity index (χ1v) is 6.58. The summed E-state index contributed by atoms with van der Waals surface area (Å²) in [6, 6.07) is 1.50. The van der Waals surface area contributed by atoms with Gasteiger partial charge in [0.2, 0.25) is 11.9 Å². The highest BCUT2D eigenvalue weighted by atomic mass is 35.5. The summed E-state index contributed by atoms with van der Waals surface area (Å²) in [5.41, 5.74) is 0.735. The number of halogens is 1. The van der Waals surface area contributed by atoms with Crippen molar-refractivity contribution in [3.8, 4) is 0 Å². The fraction of sp³-hybridized carbons (Fsp3) is 0.583. The first-order chi connectivity index (χ1) is 8.65. The van der Waals surface area contributed by atoms with E-state index < -0.39 is 0 Å². The summed E-state index contributed by atoms with van der Waals surface area (Å²) < 4.78 is 0. The molecule has 2 N–H and O–H groups in total. The van der Waals surface area contributed by atoms with Crippen LogP contribution >= 0.6 is 11.6 Å². The lowest BCUT2D eigenvalue weighted by Gasteiger charge is -2.14. The molecule has 1 amide bonds. The van der Waals surface area contributed by atoms with Crippen LogP contribution in [0, 0.1) is 6.92 Å². The van der Waals surface area contributed by atoms with Crippen LogP contribution in [-0.4, -0.2) is 28.5 Å². The van der Waals surface area contributed by atoms with Crippen molar-refractivity contribution in [1.82, 2.24) is 15.3 Å². The number of aromatic nitrogens is 2. The standard InChI is InChI=1S/C12H17ClN4O/c1-8-7-10(13)16-12(15-8)17-11(18)9-5-3-2-4-6-14-9/h7,9,14H,2-6H2,1H3,(H,15,16,17,18). The smallest absolute Gasteiger partial charge is 0.243 e. The maximum absolute atomic E-state index is 12.0. The Kier molecular flexibility index (Phi) is 4.49. The predicted octanol–water partition coefficient (Wildman–Crippen LogP) is 1.91. The van der Waals surface area contributed by atoms with E-state index in [4.69, 9.17) is 11.6 Å². The Morgan fingerprint density at radius 1 is 1.44 bits per heavy atom. The van der Waals surface area contributed by atoms with Gasteiger partial charge < -0.3 is 5.32 Å². The van der Waals surface area contributed by atoms with Crippen molar-refractivity contribution in [2.75, 3.05) is 11.9 Å². The molecule has 2 rings (SSSR count). The highest BCUT2D eigenvalue weighted by molar-refractivity contribution is 6.29. The minimum atomic E-state index is -0.157. The molecule has 0 aliphatic carbocycles. The van der Waals surface area contributed by atoms with Crippen molar-refractivity contribution in [3.05, 3.63) is 16.9 Å². The Labute approximate surface area is 111 Å². The van der Waals surface area contributed by atoms with E-state index in [1.165, 1.54) is 6.42 Å². The molecular weight excluding hydrogens is 252 g/mol. The summed E-state index contributed by atoms with van der Waals surface area (Å²) in [6.07, 6.45) is 4.21. The van der Waals surface area contributed by atoms with Gasteiger partial charge in [-0.3, -0.25) is 10.1 Å². The second kappa shape index (κ2) is 6.11. The Bertz CT molecular complexity index is 410. The number of nitrogens with zero attached hydrogens (tertiary/aromatic N) is 2. The van der Waals surface area contributed by atoms with Gasteiger partial charge in [0.15, 0.2) is 0 Å². The van der Waals surface area contributed by atoms with Crippen LogP contribution in [0.5, 0.6) is 0 Å². The van der Waals surface area contributed by atoms with Gasteiger partial charge in [-0.15, -0.1) is 0 Å². The molecule has 0 bridgehead atoms. The van der Waals surface area contributed by atoms with E-state index in [0.29, 0.717) is 5.15 Å². The van der Waals surface area contributed by atoms with Gasteiger partial charge in [-0.25, -0.2) is 9.97 Å². The molecule has 98 valence electrons. The molecule has 0 saturated carbocycles. The molecular formula is C12H17ClN4O. The van der Waals surface area contributed by atoms with Gasteiger partial charge in [0.05, 0.1) is 6.04 Å². The fourth-order valence-corrected chi connectivity index (χ4v) is 2.27. The van der Waals surface area contributed by atoms with E-state index in [2.05, 4.69) is 20.6 Å². The maximum atomic E-state index is 12.0. The molecule has 0 spiro atoms. The van der Waals surface area contributed by atoms with E-state index >= 15 is 0 Å². The minimum absolute atomic E-state index is 0.0847. The zero-order valence-electron chi connectivity index (χ0n) is 10.4. The van der Waals surface area contributed by atoms with Gasteiger partial charge in [-0.05, 0) is 32.4 Å². The Hall–Kier alpha value is -1.20. The number of aryl methyl sites for hydroxylation is 1. The quantitative estimate of drug-likeness (QED) is 0.804. The normalized spacial score (nSPS) is 20.2. The number of rotatable bonds is 2. The van der Waals surface area contributed by atoms with Gasteiger partial charge in [0.25, 0.3) is 0 Å². The molecule has 1 aromatic heterocycles. The van der Waals surface area contributed by atoms with E-state index in [1.54, 1.807) is 6.07 Å². The molecule has 1 aromatic rings. The third-order valence-electron chi connectivity index (χ3n) is 2.93. The Balaban J connectivity index is 2.01. The topological polar surface area (TPSA) is 66.9 Å². The van der Waals surface area contributed by atoms with E-state index in [9.17, 15) is 4.79 Å². The SMILES string of the molecule is Cc1cc(Cl)nc(NC(=O)C2CCCCCN2)n1. The third-order valence-corrected chi connectivity index (χ3v) is 3.13. The van der Waals surface area contributed by atoms with E-state index in [1.807, 2.05) is 6.92 Å². The molecule has 2 heterocycles. The second-order valence-corrected chi connectivity index (χ2v) is 4.89. The molecule has 1 aliphatic heterocycles. The van der Waals surface area contributed by atoms with Crippen molar-refractivity contribution >= 4 is 23.5 Å². The van der Waals surface area contributed by atoms with Crippen LogP contribution < -0.4 is 10.6 Å². The van der Waals surface area contributed by atoms with Crippen molar-refractivity contribution in [1.29, 1.82) is 0 Å². The summed E-state index contributed by atoms with van der Waals surface area (Å²) in [4.78, 5) is 20.2. The predicted molar refractivity (Wildman–Crippen MR) is 70.7 cm³/mol. The second-order valence-electron chi connectivity index (χ2n) is 4.50. The molecule has 0 aromatic carbocycles. The zero-order chi connectivity index (χ0) is 13.0. The fourth-order valence-electron chi connectivity index (χ4n) is 2.04. The van der Waals surface area contributed by atoms with Crippen LogP contribution in [0.15, 0.2) is 6.07 Å².